The van der Waals surface area contributed by atoms with Crippen molar-refractivity contribution in [3.63, 3.8) is 0 Å². The van der Waals surface area contributed by atoms with Gasteiger partial charge in [0.05, 0.1) is 0 Å². The zero-order chi connectivity index (χ0) is 15.8. The van der Waals surface area contributed by atoms with Crippen molar-refractivity contribution in [2.75, 3.05) is 0 Å². The molecule has 0 aliphatic heterocycles. The largest absolute Gasteiger partial charge is 0.451 e. The molecule has 0 aromatic heterocycles. The van der Waals surface area contributed by atoms with Gasteiger partial charge in [0, 0.05) is 0 Å². The van der Waals surface area contributed by atoms with Gasteiger partial charge in [-0.25, -0.2) is 4.79 Å². The Balaban J connectivity index is 2.17. The Bertz CT molecular complexity index is 526. The molecule has 1 atom stereocenters. The van der Waals surface area contributed by atoms with Crippen molar-refractivity contribution >= 4 is 5.97 Å². The fourth-order valence-electron chi connectivity index (χ4n) is 2.29. The van der Waals surface area contributed by atoms with Crippen molar-refractivity contribution in [3.05, 3.63) is 71.8 Å². The summed E-state index contributed by atoms with van der Waals surface area (Å²) in [6.45, 7) is 2.02. The van der Waals surface area contributed by atoms with Gasteiger partial charge in [-0.2, -0.15) is 0 Å². The maximum atomic E-state index is 12.1. The van der Waals surface area contributed by atoms with Gasteiger partial charge in [-0.05, 0) is 17.5 Å². The Kier molecular flexibility index (Phi) is 6.16. The van der Waals surface area contributed by atoms with E-state index >= 15 is 0 Å². The summed E-state index contributed by atoms with van der Waals surface area (Å²) in [6, 6.07) is 19.2. The molecule has 116 valence electrons. The molecule has 0 bridgehead atoms. The van der Waals surface area contributed by atoms with Gasteiger partial charge in [0.1, 0.15) is 0 Å². The summed E-state index contributed by atoms with van der Waals surface area (Å²) >= 11 is 0. The first-order valence-corrected chi connectivity index (χ1v) is 7.70. The molecule has 1 N–H and O–H groups in total. The Morgan fingerprint density at radius 2 is 1.50 bits per heavy atom. The van der Waals surface area contributed by atoms with E-state index in [-0.39, 0.29) is 0 Å². The van der Waals surface area contributed by atoms with Crippen LogP contribution in [0.1, 0.15) is 43.4 Å². The molecule has 22 heavy (non-hydrogen) atoms. The van der Waals surface area contributed by atoms with E-state index in [1.807, 2.05) is 67.6 Å². The SMILES string of the molecule is CCCCC(O)C(=O)OC(c1ccccc1)c1ccccc1. The van der Waals surface area contributed by atoms with E-state index in [1.54, 1.807) is 0 Å². The second kappa shape index (κ2) is 8.35. The normalized spacial score (nSPS) is 12.1. The van der Waals surface area contributed by atoms with Gasteiger partial charge < -0.3 is 9.84 Å². The Labute approximate surface area is 131 Å². The third-order valence-corrected chi connectivity index (χ3v) is 3.54. The van der Waals surface area contributed by atoms with Crippen molar-refractivity contribution < 1.29 is 14.6 Å². The number of ether oxygens (including phenoxy) is 1. The van der Waals surface area contributed by atoms with Crippen molar-refractivity contribution in [2.45, 2.75) is 38.4 Å². The van der Waals surface area contributed by atoms with Gasteiger partial charge in [-0.15, -0.1) is 0 Å². The number of unbranched alkanes of at least 4 members (excludes halogenated alkanes) is 1. The summed E-state index contributed by atoms with van der Waals surface area (Å²) in [6.07, 6.45) is 0.620. The molecule has 0 saturated carbocycles. The summed E-state index contributed by atoms with van der Waals surface area (Å²) < 4.78 is 5.59. The highest BCUT2D eigenvalue weighted by molar-refractivity contribution is 5.75. The van der Waals surface area contributed by atoms with Crippen LogP contribution in [0, 0.1) is 0 Å². The first-order chi connectivity index (χ1) is 10.7. The summed E-state index contributed by atoms with van der Waals surface area (Å²) in [5.41, 5.74) is 1.79. The van der Waals surface area contributed by atoms with Gasteiger partial charge in [0.2, 0.25) is 0 Å². The van der Waals surface area contributed by atoms with Gasteiger partial charge in [-0.1, -0.05) is 80.4 Å². The molecule has 0 aliphatic rings. The minimum Gasteiger partial charge on any atom is -0.451 e. The number of hydrogen-bond donors (Lipinski definition) is 1. The number of esters is 1. The second-order valence-corrected chi connectivity index (χ2v) is 5.30. The van der Waals surface area contributed by atoms with E-state index in [1.165, 1.54) is 0 Å². The molecule has 1 unspecified atom stereocenters. The first-order valence-electron chi connectivity index (χ1n) is 7.70. The maximum Gasteiger partial charge on any atom is 0.335 e. The van der Waals surface area contributed by atoms with Crippen LogP contribution in [0.2, 0.25) is 0 Å². The highest BCUT2D eigenvalue weighted by Crippen LogP contribution is 2.26. The maximum absolute atomic E-state index is 12.1. The van der Waals surface area contributed by atoms with Crippen molar-refractivity contribution in [1.29, 1.82) is 0 Å². The Hall–Kier alpha value is -2.13. The van der Waals surface area contributed by atoms with E-state index in [0.717, 1.165) is 24.0 Å². The highest BCUT2D eigenvalue weighted by atomic mass is 16.6. The van der Waals surface area contributed by atoms with Gasteiger partial charge in [0.15, 0.2) is 12.2 Å². The quantitative estimate of drug-likeness (QED) is 0.789. The monoisotopic (exact) mass is 298 g/mol. The molecule has 0 aliphatic carbocycles. The third-order valence-electron chi connectivity index (χ3n) is 3.54. The molecular weight excluding hydrogens is 276 g/mol. The van der Waals surface area contributed by atoms with Crippen LogP contribution in [0.15, 0.2) is 60.7 Å². The molecule has 2 rings (SSSR count). The van der Waals surface area contributed by atoms with E-state index in [9.17, 15) is 9.90 Å². The van der Waals surface area contributed by atoms with Crippen LogP contribution in [0.5, 0.6) is 0 Å². The van der Waals surface area contributed by atoms with Crippen LogP contribution >= 0.6 is 0 Å². The van der Waals surface area contributed by atoms with E-state index in [4.69, 9.17) is 4.74 Å². The standard InChI is InChI=1S/C19H22O3/c1-2-3-14-17(20)19(21)22-18(15-10-6-4-7-11-15)16-12-8-5-9-13-16/h4-13,17-18,20H,2-3,14H2,1H3. The van der Waals surface area contributed by atoms with Crippen molar-refractivity contribution in [1.82, 2.24) is 0 Å². The number of carbonyl (C=O) groups is 1. The number of aliphatic hydroxyl groups is 1. The summed E-state index contributed by atoms with van der Waals surface area (Å²) in [5, 5.41) is 9.92. The zero-order valence-electron chi connectivity index (χ0n) is 12.8. The molecule has 2 aromatic rings. The molecule has 0 fully saturated rings. The molecule has 0 amide bonds. The average Bonchev–Trinajstić information content (AvgIpc) is 2.58. The predicted octanol–water partition coefficient (Wildman–Crippen LogP) is 3.87. The lowest BCUT2D eigenvalue weighted by molar-refractivity contribution is -0.158. The fourth-order valence-corrected chi connectivity index (χ4v) is 2.29. The molecular formula is C19H22O3. The van der Waals surface area contributed by atoms with E-state index < -0.39 is 18.2 Å². The Morgan fingerprint density at radius 3 is 1.95 bits per heavy atom. The second-order valence-electron chi connectivity index (χ2n) is 5.30. The lowest BCUT2D eigenvalue weighted by Crippen LogP contribution is -2.25. The van der Waals surface area contributed by atoms with Crippen LogP contribution in [0.4, 0.5) is 0 Å². The first kappa shape index (κ1) is 16.2. The van der Waals surface area contributed by atoms with Crippen LogP contribution in [-0.2, 0) is 9.53 Å². The highest BCUT2D eigenvalue weighted by Gasteiger charge is 2.23. The lowest BCUT2D eigenvalue weighted by atomic mass is 10.0. The zero-order valence-corrected chi connectivity index (χ0v) is 12.8. The van der Waals surface area contributed by atoms with Gasteiger partial charge >= 0.3 is 5.97 Å². The topological polar surface area (TPSA) is 46.5 Å². The van der Waals surface area contributed by atoms with E-state index in [0.29, 0.717) is 6.42 Å². The molecule has 0 radical (unpaired) electrons. The number of rotatable bonds is 7. The molecule has 0 heterocycles. The molecule has 0 spiro atoms. The predicted molar refractivity (Wildman–Crippen MR) is 86.4 cm³/mol. The number of benzene rings is 2. The molecule has 3 heteroatoms. The van der Waals surface area contributed by atoms with Gasteiger partial charge in [0.25, 0.3) is 0 Å². The smallest absolute Gasteiger partial charge is 0.335 e. The van der Waals surface area contributed by atoms with Crippen molar-refractivity contribution in [2.24, 2.45) is 0 Å². The summed E-state index contributed by atoms with van der Waals surface area (Å²) in [5.74, 6) is -0.564. The van der Waals surface area contributed by atoms with Gasteiger partial charge in [-0.3, -0.25) is 0 Å². The minimum atomic E-state index is -1.06. The fraction of sp³-hybridized carbons (Fsp3) is 0.316. The number of carbonyl (C=O) groups excluding carboxylic acids is 1. The van der Waals surface area contributed by atoms with Crippen LogP contribution in [0.3, 0.4) is 0 Å². The molecule has 0 saturated heterocycles. The van der Waals surface area contributed by atoms with Crippen LogP contribution < -0.4 is 0 Å². The van der Waals surface area contributed by atoms with Crippen molar-refractivity contribution in [3.8, 4) is 0 Å². The van der Waals surface area contributed by atoms with E-state index in [2.05, 4.69) is 0 Å². The summed E-state index contributed by atoms with van der Waals surface area (Å²) in [4.78, 5) is 12.1. The van der Waals surface area contributed by atoms with Crippen LogP contribution in [0.25, 0.3) is 0 Å². The number of aliphatic hydroxyl groups excluding tert-OH is 1. The average molecular weight is 298 g/mol. The van der Waals surface area contributed by atoms with Crippen LogP contribution in [-0.4, -0.2) is 17.2 Å². The molecule has 2 aromatic carbocycles. The third kappa shape index (κ3) is 4.43. The summed E-state index contributed by atoms with van der Waals surface area (Å²) in [7, 11) is 0. The lowest BCUT2D eigenvalue weighted by Gasteiger charge is -2.20. The molecule has 3 nitrogen and oxygen atoms in total. The Morgan fingerprint density at radius 1 is 1.00 bits per heavy atom. The minimum absolute atomic E-state index is 0.436. The number of hydrogen-bond acceptors (Lipinski definition) is 3.